The molecule has 33 heavy (non-hydrogen) atoms. The van der Waals surface area contributed by atoms with E-state index in [9.17, 15) is 9.18 Å². The summed E-state index contributed by atoms with van der Waals surface area (Å²) in [5, 5.41) is 4.04. The maximum absolute atomic E-state index is 13.9. The number of amides is 1. The van der Waals surface area contributed by atoms with E-state index >= 15 is 0 Å². The molecule has 0 saturated heterocycles. The molecule has 2 heterocycles. The van der Waals surface area contributed by atoms with Gasteiger partial charge in [-0.3, -0.25) is 4.79 Å². The first kappa shape index (κ1) is 22.7. The zero-order chi connectivity index (χ0) is 23.2. The Labute approximate surface area is 193 Å². The zero-order valence-electron chi connectivity index (χ0n) is 19.1. The summed E-state index contributed by atoms with van der Waals surface area (Å²) < 4.78 is 21.8. The van der Waals surface area contributed by atoms with E-state index in [-0.39, 0.29) is 18.1 Å². The number of halogens is 1. The van der Waals surface area contributed by atoms with Gasteiger partial charge >= 0.3 is 0 Å². The molecular formula is C26H29FN4O2. The number of aryl methyl sites for hydroxylation is 1. The van der Waals surface area contributed by atoms with Crippen LogP contribution in [0, 0.1) is 5.82 Å². The van der Waals surface area contributed by atoms with Crippen molar-refractivity contribution in [3.05, 3.63) is 72.6 Å². The van der Waals surface area contributed by atoms with Crippen LogP contribution in [-0.2, 0) is 17.8 Å². The van der Waals surface area contributed by atoms with Gasteiger partial charge in [0, 0.05) is 48.7 Å². The van der Waals surface area contributed by atoms with Crippen LogP contribution >= 0.6 is 0 Å². The van der Waals surface area contributed by atoms with Crippen LogP contribution in [0.1, 0.15) is 26.2 Å². The van der Waals surface area contributed by atoms with Crippen molar-refractivity contribution >= 4 is 22.5 Å². The summed E-state index contributed by atoms with van der Waals surface area (Å²) in [7, 11) is 0. The fraction of sp³-hybridized carbons (Fsp3) is 0.308. The predicted molar refractivity (Wildman–Crippen MR) is 129 cm³/mol. The standard InChI is InChI=1S/C26H29FN4O2/c1-3-30(4-2)15-16-31-14-13-19-17-20(9-10-23(19)31)29-25(32)11-12-26-28-18-24(33-26)21-7-5-6-8-22(21)27/h5-10,13-14,17-18H,3-4,11-12,15-16H2,1-2H3,(H,29,32). The lowest BCUT2D eigenvalue weighted by Crippen LogP contribution is -2.26. The number of fused-ring (bicyclic) bond motifs is 1. The van der Waals surface area contributed by atoms with Crippen LogP contribution in [0.5, 0.6) is 0 Å². The minimum Gasteiger partial charge on any atom is -0.441 e. The van der Waals surface area contributed by atoms with Crippen LogP contribution < -0.4 is 5.32 Å². The SMILES string of the molecule is CCN(CC)CCn1ccc2cc(NC(=O)CCc3ncc(-c4ccccc4F)o3)ccc21. The molecule has 0 unspecified atom stereocenters. The number of aromatic nitrogens is 2. The Morgan fingerprint density at radius 2 is 1.97 bits per heavy atom. The van der Waals surface area contributed by atoms with Gasteiger partial charge in [-0.2, -0.15) is 0 Å². The molecule has 0 aliphatic heterocycles. The molecule has 0 radical (unpaired) electrons. The van der Waals surface area contributed by atoms with E-state index in [0.29, 0.717) is 23.6 Å². The molecule has 1 N–H and O–H groups in total. The molecule has 0 aliphatic rings. The smallest absolute Gasteiger partial charge is 0.224 e. The van der Waals surface area contributed by atoms with Crippen molar-refractivity contribution in [1.82, 2.24) is 14.5 Å². The summed E-state index contributed by atoms with van der Waals surface area (Å²) in [5.41, 5.74) is 2.27. The van der Waals surface area contributed by atoms with Gasteiger partial charge in [0.1, 0.15) is 5.82 Å². The van der Waals surface area contributed by atoms with Crippen molar-refractivity contribution in [2.75, 3.05) is 25.0 Å². The number of likely N-dealkylation sites (N-methyl/N-ethyl adjacent to an activating group) is 1. The topological polar surface area (TPSA) is 63.3 Å². The number of carbonyl (C=O) groups is 1. The van der Waals surface area contributed by atoms with Gasteiger partial charge in [-0.1, -0.05) is 26.0 Å². The lowest BCUT2D eigenvalue weighted by Gasteiger charge is -2.18. The number of hydrogen-bond acceptors (Lipinski definition) is 4. The number of nitrogens with zero attached hydrogens (tertiary/aromatic N) is 3. The van der Waals surface area contributed by atoms with Crippen molar-refractivity contribution in [1.29, 1.82) is 0 Å². The van der Waals surface area contributed by atoms with Crippen LogP contribution in [0.15, 0.2) is 65.3 Å². The van der Waals surface area contributed by atoms with Gasteiger partial charge < -0.3 is 19.2 Å². The molecule has 0 saturated carbocycles. The highest BCUT2D eigenvalue weighted by Crippen LogP contribution is 2.24. The number of hydrogen-bond donors (Lipinski definition) is 1. The minimum atomic E-state index is -0.366. The quantitative estimate of drug-likeness (QED) is 0.355. The summed E-state index contributed by atoms with van der Waals surface area (Å²) in [6.07, 6.45) is 4.14. The molecule has 7 heteroatoms. The van der Waals surface area contributed by atoms with Gasteiger partial charge in [0.2, 0.25) is 5.91 Å². The molecule has 0 spiro atoms. The molecule has 2 aromatic carbocycles. The van der Waals surface area contributed by atoms with Crippen molar-refractivity contribution < 1.29 is 13.6 Å². The van der Waals surface area contributed by atoms with Crippen molar-refractivity contribution in [3.63, 3.8) is 0 Å². The third-order valence-electron chi connectivity index (χ3n) is 5.87. The molecule has 4 rings (SSSR count). The van der Waals surface area contributed by atoms with Gasteiger partial charge in [0.25, 0.3) is 0 Å². The number of nitrogens with one attached hydrogen (secondary N) is 1. The van der Waals surface area contributed by atoms with E-state index in [4.69, 9.17) is 4.42 Å². The van der Waals surface area contributed by atoms with E-state index in [0.717, 1.165) is 42.8 Å². The van der Waals surface area contributed by atoms with E-state index in [1.807, 2.05) is 18.2 Å². The molecule has 0 atom stereocenters. The number of anilines is 1. The number of oxazole rings is 1. The van der Waals surface area contributed by atoms with Crippen molar-refractivity contribution in [3.8, 4) is 11.3 Å². The normalized spacial score (nSPS) is 11.4. The maximum atomic E-state index is 13.9. The van der Waals surface area contributed by atoms with Crippen LogP contribution in [-0.4, -0.2) is 40.0 Å². The first-order chi connectivity index (χ1) is 16.1. The molecule has 0 aliphatic carbocycles. The van der Waals surface area contributed by atoms with Crippen LogP contribution in [0.2, 0.25) is 0 Å². The second-order valence-electron chi connectivity index (χ2n) is 7.96. The summed E-state index contributed by atoms with van der Waals surface area (Å²) in [6.45, 7) is 8.39. The summed E-state index contributed by atoms with van der Waals surface area (Å²) in [4.78, 5) is 19.0. The Bertz CT molecular complexity index is 1230. The lowest BCUT2D eigenvalue weighted by molar-refractivity contribution is -0.116. The maximum Gasteiger partial charge on any atom is 0.224 e. The first-order valence-electron chi connectivity index (χ1n) is 11.4. The number of carbonyl (C=O) groups excluding carboxylic acids is 1. The Hall–Kier alpha value is -3.45. The Balaban J connectivity index is 1.33. The van der Waals surface area contributed by atoms with Gasteiger partial charge in [0.15, 0.2) is 11.7 Å². The average Bonchev–Trinajstić information content (AvgIpc) is 3.46. The largest absolute Gasteiger partial charge is 0.441 e. The highest BCUT2D eigenvalue weighted by Gasteiger charge is 2.12. The van der Waals surface area contributed by atoms with Crippen LogP contribution in [0.4, 0.5) is 10.1 Å². The molecule has 1 amide bonds. The van der Waals surface area contributed by atoms with Gasteiger partial charge in [-0.15, -0.1) is 0 Å². The Morgan fingerprint density at radius 3 is 2.76 bits per heavy atom. The summed E-state index contributed by atoms with van der Waals surface area (Å²) >= 11 is 0. The molecule has 0 fully saturated rings. The highest BCUT2D eigenvalue weighted by atomic mass is 19.1. The molecule has 172 valence electrons. The fourth-order valence-electron chi connectivity index (χ4n) is 3.92. The monoisotopic (exact) mass is 448 g/mol. The summed E-state index contributed by atoms with van der Waals surface area (Å²) in [6, 6.07) is 14.4. The van der Waals surface area contributed by atoms with E-state index < -0.39 is 0 Å². The fourth-order valence-corrected chi connectivity index (χ4v) is 3.92. The van der Waals surface area contributed by atoms with Crippen molar-refractivity contribution in [2.24, 2.45) is 0 Å². The Morgan fingerprint density at radius 1 is 1.15 bits per heavy atom. The number of benzene rings is 2. The van der Waals surface area contributed by atoms with Crippen LogP contribution in [0.25, 0.3) is 22.2 Å². The van der Waals surface area contributed by atoms with Gasteiger partial charge in [-0.25, -0.2) is 9.37 Å². The van der Waals surface area contributed by atoms with Gasteiger partial charge in [-0.05, 0) is 49.5 Å². The second kappa shape index (κ2) is 10.4. The third kappa shape index (κ3) is 5.49. The lowest BCUT2D eigenvalue weighted by atomic mass is 10.2. The van der Waals surface area contributed by atoms with E-state index in [1.54, 1.807) is 18.2 Å². The van der Waals surface area contributed by atoms with E-state index in [2.05, 4.69) is 45.9 Å². The Kier molecular flexibility index (Phi) is 7.19. The molecule has 0 bridgehead atoms. The molecule has 4 aromatic rings. The zero-order valence-corrected chi connectivity index (χ0v) is 19.1. The molecule has 6 nitrogen and oxygen atoms in total. The van der Waals surface area contributed by atoms with Crippen LogP contribution in [0.3, 0.4) is 0 Å². The highest BCUT2D eigenvalue weighted by molar-refractivity contribution is 5.94. The molecular weight excluding hydrogens is 419 g/mol. The second-order valence-corrected chi connectivity index (χ2v) is 7.96. The minimum absolute atomic E-state index is 0.124. The third-order valence-corrected chi connectivity index (χ3v) is 5.87. The summed E-state index contributed by atoms with van der Waals surface area (Å²) in [5.74, 6) is 0.278. The predicted octanol–water partition coefficient (Wildman–Crippen LogP) is 5.35. The first-order valence-corrected chi connectivity index (χ1v) is 11.4. The average molecular weight is 449 g/mol. The number of rotatable bonds is 10. The molecule has 2 aromatic heterocycles. The van der Waals surface area contributed by atoms with E-state index in [1.165, 1.54) is 12.3 Å². The van der Waals surface area contributed by atoms with Gasteiger partial charge in [0.05, 0.1) is 11.8 Å². The van der Waals surface area contributed by atoms with Crippen molar-refractivity contribution in [2.45, 2.75) is 33.2 Å².